The van der Waals surface area contributed by atoms with Crippen molar-refractivity contribution >= 4 is 22.0 Å². The molecule has 0 aliphatic rings. The summed E-state index contributed by atoms with van der Waals surface area (Å²) in [5.74, 6) is 0. The molecule has 0 aromatic heterocycles. The molecule has 0 saturated heterocycles. The third-order valence-corrected chi connectivity index (χ3v) is 2.06. The van der Waals surface area contributed by atoms with Crippen LogP contribution in [0.2, 0.25) is 0 Å². The molecule has 0 amide bonds. The minimum Gasteiger partial charge on any atom is -0.258 e. The van der Waals surface area contributed by atoms with Crippen LogP contribution in [0, 0.1) is 17.0 Å². The molecule has 0 N–H and O–H groups in total. The van der Waals surface area contributed by atoms with Crippen molar-refractivity contribution in [3.8, 4) is 0 Å². The molecule has 68 valence electrons. The minimum atomic E-state index is -0.472. The summed E-state index contributed by atoms with van der Waals surface area (Å²) in [7, 11) is 0. The number of rotatable bonds is 2. The lowest BCUT2D eigenvalue weighted by Gasteiger charge is -1.93. The van der Waals surface area contributed by atoms with Crippen LogP contribution in [-0.4, -0.2) is 4.92 Å². The van der Waals surface area contributed by atoms with Crippen molar-refractivity contribution in [2.45, 2.75) is 6.92 Å². The Balaban J connectivity index is 2.92. The number of benzene rings is 1. The van der Waals surface area contributed by atoms with Gasteiger partial charge in [0.05, 0.1) is 4.92 Å². The quantitative estimate of drug-likeness (QED) is 0.454. The molecule has 0 unspecified atom stereocenters. The van der Waals surface area contributed by atoms with Crippen LogP contribution in [0.1, 0.15) is 11.1 Å². The Kier molecular flexibility index (Phi) is 3.19. The summed E-state index contributed by atoms with van der Waals surface area (Å²) in [6.07, 6.45) is 1.47. The topological polar surface area (TPSA) is 43.1 Å². The molecule has 0 saturated carbocycles. The lowest BCUT2D eigenvalue weighted by molar-refractivity contribution is -0.407. The first-order valence-corrected chi connectivity index (χ1v) is 4.47. The van der Waals surface area contributed by atoms with Gasteiger partial charge < -0.3 is 0 Å². The predicted octanol–water partition coefficient (Wildman–Crippen LogP) is 2.97. The molecule has 0 spiro atoms. The fraction of sp³-hybridized carbons (Fsp3) is 0.111. The van der Waals surface area contributed by atoms with Crippen molar-refractivity contribution in [2.75, 3.05) is 0 Å². The molecule has 0 aliphatic heterocycles. The van der Waals surface area contributed by atoms with E-state index in [4.69, 9.17) is 0 Å². The van der Waals surface area contributed by atoms with Crippen molar-refractivity contribution in [3.05, 3.63) is 50.1 Å². The highest BCUT2D eigenvalue weighted by atomic mass is 79.9. The van der Waals surface area contributed by atoms with Gasteiger partial charge in [0.1, 0.15) is 0 Å². The van der Waals surface area contributed by atoms with Crippen LogP contribution in [0.4, 0.5) is 0 Å². The van der Waals surface area contributed by atoms with E-state index in [0.29, 0.717) is 0 Å². The molecule has 4 heteroatoms. The van der Waals surface area contributed by atoms with Gasteiger partial charge in [-0.1, -0.05) is 29.8 Å². The summed E-state index contributed by atoms with van der Waals surface area (Å²) in [4.78, 5) is 9.79. The summed E-state index contributed by atoms with van der Waals surface area (Å²) in [5, 5.41) is 10.3. The molecule has 3 nitrogen and oxygen atoms in total. The number of aryl methyl sites for hydroxylation is 1. The maximum Gasteiger partial charge on any atom is 0.311 e. The molecule has 0 atom stereocenters. The van der Waals surface area contributed by atoms with Crippen molar-refractivity contribution < 1.29 is 4.92 Å². The van der Waals surface area contributed by atoms with Crippen LogP contribution in [0.15, 0.2) is 28.9 Å². The molecule has 1 aromatic rings. The van der Waals surface area contributed by atoms with Crippen molar-refractivity contribution in [1.29, 1.82) is 0 Å². The molecular formula is C9H8BrNO2. The Bertz CT molecular complexity index is 343. The normalized spacial score (nSPS) is 11.4. The lowest BCUT2D eigenvalue weighted by Crippen LogP contribution is -1.89. The Morgan fingerprint density at radius 2 is 2.00 bits per heavy atom. The second-order valence-corrected chi connectivity index (χ2v) is 3.45. The molecule has 13 heavy (non-hydrogen) atoms. The van der Waals surface area contributed by atoms with E-state index in [-0.39, 0.29) is 4.61 Å². The molecule has 1 rings (SSSR count). The Hall–Kier alpha value is -1.16. The van der Waals surface area contributed by atoms with Crippen LogP contribution >= 0.6 is 15.9 Å². The van der Waals surface area contributed by atoms with E-state index in [2.05, 4.69) is 15.9 Å². The number of hydrogen-bond acceptors (Lipinski definition) is 2. The first-order chi connectivity index (χ1) is 6.09. The van der Waals surface area contributed by atoms with E-state index < -0.39 is 4.92 Å². The second-order valence-electron chi connectivity index (χ2n) is 2.63. The third-order valence-electron chi connectivity index (χ3n) is 1.54. The Morgan fingerprint density at radius 3 is 2.46 bits per heavy atom. The van der Waals surface area contributed by atoms with Gasteiger partial charge in [0.25, 0.3) is 0 Å². The maximum atomic E-state index is 10.3. The predicted molar refractivity (Wildman–Crippen MR) is 55.1 cm³/mol. The van der Waals surface area contributed by atoms with Crippen molar-refractivity contribution in [1.82, 2.24) is 0 Å². The number of halogens is 1. The van der Waals surface area contributed by atoms with Crippen molar-refractivity contribution in [3.63, 3.8) is 0 Å². The molecule has 0 heterocycles. The zero-order valence-electron chi connectivity index (χ0n) is 7.03. The van der Waals surface area contributed by atoms with Gasteiger partial charge in [0.15, 0.2) is 0 Å². The minimum absolute atomic E-state index is 0.0312. The number of nitro groups is 1. The van der Waals surface area contributed by atoms with Crippen LogP contribution in [0.5, 0.6) is 0 Å². The van der Waals surface area contributed by atoms with Gasteiger partial charge in [-0.2, -0.15) is 0 Å². The first kappa shape index (κ1) is 9.92. The van der Waals surface area contributed by atoms with E-state index in [1.165, 1.54) is 6.08 Å². The molecule has 1 aromatic carbocycles. The third kappa shape index (κ3) is 2.99. The summed E-state index contributed by atoms with van der Waals surface area (Å²) in [6.45, 7) is 1.97. The fourth-order valence-electron chi connectivity index (χ4n) is 0.853. The largest absolute Gasteiger partial charge is 0.311 e. The average Bonchev–Trinajstić information content (AvgIpc) is 2.08. The Morgan fingerprint density at radius 1 is 1.46 bits per heavy atom. The van der Waals surface area contributed by atoms with Gasteiger partial charge in [-0.15, -0.1) is 0 Å². The average molecular weight is 242 g/mol. The van der Waals surface area contributed by atoms with Gasteiger partial charge >= 0.3 is 4.61 Å². The van der Waals surface area contributed by atoms with E-state index >= 15 is 0 Å². The molecule has 0 aliphatic carbocycles. The van der Waals surface area contributed by atoms with Gasteiger partial charge in [0.2, 0.25) is 0 Å². The zero-order chi connectivity index (χ0) is 9.84. The highest BCUT2D eigenvalue weighted by molar-refractivity contribution is 9.11. The summed E-state index contributed by atoms with van der Waals surface area (Å²) in [6, 6.07) is 7.48. The molecular weight excluding hydrogens is 234 g/mol. The molecule has 0 bridgehead atoms. The number of hydrogen-bond donors (Lipinski definition) is 0. The maximum absolute atomic E-state index is 10.3. The second kappa shape index (κ2) is 4.18. The number of nitrogens with zero attached hydrogens (tertiary/aromatic N) is 1. The van der Waals surface area contributed by atoms with Crippen molar-refractivity contribution in [2.24, 2.45) is 0 Å². The van der Waals surface area contributed by atoms with Crippen LogP contribution in [0.3, 0.4) is 0 Å². The highest BCUT2D eigenvalue weighted by Gasteiger charge is 2.03. The smallest absolute Gasteiger partial charge is 0.258 e. The fourth-order valence-corrected chi connectivity index (χ4v) is 1.12. The lowest BCUT2D eigenvalue weighted by atomic mass is 10.1. The summed E-state index contributed by atoms with van der Waals surface area (Å²) in [5.41, 5.74) is 1.95. The van der Waals surface area contributed by atoms with E-state index in [9.17, 15) is 10.1 Å². The SMILES string of the molecule is Cc1ccc(/C=C(/Br)[N+](=O)[O-])cc1. The van der Waals surface area contributed by atoms with Gasteiger partial charge in [-0.05, 0) is 12.5 Å². The summed E-state index contributed by atoms with van der Waals surface area (Å²) >= 11 is 2.86. The molecule has 0 fully saturated rings. The van der Waals surface area contributed by atoms with E-state index in [1.807, 2.05) is 31.2 Å². The molecule has 0 radical (unpaired) electrons. The van der Waals surface area contributed by atoms with E-state index in [1.54, 1.807) is 0 Å². The highest BCUT2D eigenvalue weighted by Crippen LogP contribution is 2.12. The Labute approximate surface area is 84.4 Å². The van der Waals surface area contributed by atoms with Gasteiger partial charge in [-0.3, -0.25) is 10.1 Å². The van der Waals surface area contributed by atoms with Gasteiger partial charge in [-0.25, -0.2) is 0 Å². The van der Waals surface area contributed by atoms with Crippen LogP contribution < -0.4 is 0 Å². The first-order valence-electron chi connectivity index (χ1n) is 3.68. The van der Waals surface area contributed by atoms with E-state index in [0.717, 1.165) is 11.1 Å². The van der Waals surface area contributed by atoms with Crippen LogP contribution in [-0.2, 0) is 0 Å². The standard InChI is InChI=1S/C9H8BrNO2/c1-7-2-4-8(5-3-7)6-9(10)11(12)13/h2-6H,1H3/b9-6-. The monoisotopic (exact) mass is 241 g/mol. The summed E-state index contributed by atoms with van der Waals surface area (Å²) < 4.78 is -0.0312. The van der Waals surface area contributed by atoms with Crippen LogP contribution in [0.25, 0.3) is 6.08 Å². The van der Waals surface area contributed by atoms with Gasteiger partial charge in [0, 0.05) is 22.0 Å². The zero-order valence-corrected chi connectivity index (χ0v) is 8.61.